The van der Waals surface area contributed by atoms with Gasteiger partial charge >= 0.3 is 0 Å². The van der Waals surface area contributed by atoms with Gasteiger partial charge in [0, 0.05) is 6.54 Å². The van der Waals surface area contributed by atoms with E-state index in [4.69, 9.17) is 0 Å². The second-order valence-corrected chi connectivity index (χ2v) is 1.85. The van der Waals surface area contributed by atoms with Gasteiger partial charge in [0.15, 0.2) is 0 Å². The summed E-state index contributed by atoms with van der Waals surface area (Å²) in [6.45, 7) is 2.44. The Bertz CT molecular complexity index is 242. The van der Waals surface area contributed by atoms with Crippen LogP contribution in [0.5, 0.6) is 0 Å². The standard InChI is InChI=1S/C6H8N2O2/c1-2-8-4-7-3-5(8)6(9)10/h3-4H,2H2,1H3,(H,9,10)/p-1. The van der Waals surface area contributed by atoms with Gasteiger partial charge in [-0.3, -0.25) is 0 Å². The highest BCUT2D eigenvalue weighted by molar-refractivity contribution is 5.83. The summed E-state index contributed by atoms with van der Waals surface area (Å²) in [5.41, 5.74) is 0.127. The Morgan fingerprint density at radius 1 is 1.90 bits per heavy atom. The zero-order valence-electron chi connectivity index (χ0n) is 5.57. The maximum Gasteiger partial charge on any atom is 0.0951 e. The first-order valence-corrected chi connectivity index (χ1v) is 2.97. The van der Waals surface area contributed by atoms with Crippen LogP contribution in [0, 0.1) is 0 Å². The summed E-state index contributed by atoms with van der Waals surface area (Å²) >= 11 is 0. The summed E-state index contributed by atoms with van der Waals surface area (Å²) in [5, 5.41) is 10.3. The van der Waals surface area contributed by atoms with Crippen LogP contribution in [0.25, 0.3) is 0 Å². The van der Waals surface area contributed by atoms with E-state index in [2.05, 4.69) is 4.98 Å². The molecule has 1 aromatic heterocycles. The molecule has 1 rings (SSSR count). The molecule has 1 heterocycles. The van der Waals surface area contributed by atoms with Crippen LogP contribution in [0.3, 0.4) is 0 Å². The Labute approximate surface area is 58.1 Å². The van der Waals surface area contributed by atoms with E-state index in [0.717, 1.165) is 0 Å². The molecule has 0 aliphatic rings. The monoisotopic (exact) mass is 139 g/mol. The molecular weight excluding hydrogens is 132 g/mol. The summed E-state index contributed by atoms with van der Waals surface area (Å²) < 4.78 is 1.51. The van der Waals surface area contributed by atoms with Gasteiger partial charge in [-0.15, -0.1) is 0 Å². The fourth-order valence-electron chi connectivity index (χ4n) is 0.743. The Hall–Kier alpha value is -1.32. The number of aromatic nitrogens is 2. The molecule has 0 amide bonds. The second-order valence-electron chi connectivity index (χ2n) is 1.85. The molecule has 0 aliphatic heterocycles. The molecule has 0 aromatic carbocycles. The van der Waals surface area contributed by atoms with Gasteiger partial charge in [0.05, 0.1) is 24.2 Å². The van der Waals surface area contributed by atoms with Gasteiger partial charge in [0.1, 0.15) is 0 Å². The van der Waals surface area contributed by atoms with Gasteiger partial charge in [-0.1, -0.05) is 0 Å². The average molecular weight is 139 g/mol. The van der Waals surface area contributed by atoms with Crippen LogP contribution in [-0.2, 0) is 6.54 Å². The van der Waals surface area contributed by atoms with Crippen molar-refractivity contribution in [2.24, 2.45) is 0 Å². The Kier molecular flexibility index (Phi) is 1.71. The highest BCUT2D eigenvalue weighted by atomic mass is 16.4. The number of aryl methyl sites for hydroxylation is 1. The molecule has 0 bridgehead atoms. The molecule has 0 saturated carbocycles. The van der Waals surface area contributed by atoms with Crippen LogP contribution in [-0.4, -0.2) is 15.5 Å². The number of hydrogen-bond acceptors (Lipinski definition) is 3. The molecule has 10 heavy (non-hydrogen) atoms. The summed E-state index contributed by atoms with van der Waals surface area (Å²) in [6, 6.07) is 0. The Morgan fingerprint density at radius 3 is 3.00 bits per heavy atom. The number of carboxylic acid groups (broad SMARTS) is 1. The van der Waals surface area contributed by atoms with Crippen LogP contribution in [0.15, 0.2) is 12.5 Å². The van der Waals surface area contributed by atoms with Crippen LogP contribution >= 0.6 is 0 Å². The van der Waals surface area contributed by atoms with Crippen LogP contribution < -0.4 is 5.11 Å². The van der Waals surface area contributed by atoms with Gasteiger partial charge in [0.2, 0.25) is 0 Å². The zero-order valence-corrected chi connectivity index (χ0v) is 5.57. The maximum absolute atomic E-state index is 10.3. The Morgan fingerprint density at radius 2 is 2.60 bits per heavy atom. The minimum Gasteiger partial charge on any atom is -0.543 e. The van der Waals surface area contributed by atoms with Gasteiger partial charge in [-0.05, 0) is 6.92 Å². The number of hydrogen-bond donors (Lipinski definition) is 0. The molecule has 4 heteroatoms. The summed E-state index contributed by atoms with van der Waals surface area (Å²) in [7, 11) is 0. The van der Waals surface area contributed by atoms with Crippen molar-refractivity contribution in [3.8, 4) is 0 Å². The van der Waals surface area contributed by atoms with Gasteiger partial charge in [0.25, 0.3) is 0 Å². The molecular formula is C6H7N2O2-. The van der Waals surface area contributed by atoms with E-state index in [0.29, 0.717) is 6.54 Å². The lowest BCUT2D eigenvalue weighted by molar-refractivity contribution is -0.255. The number of rotatable bonds is 2. The SMILES string of the molecule is CCn1cncc1C(=O)[O-]. The molecule has 0 fully saturated rings. The third-order valence-corrected chi connectivity index (χ3v) is 1.26. The fraction of sp³-hybridized carbons (Fsp3) is 0.333. The molecule has 4 nitrogen and oxygen atoms in total. The largest absolute Gasteiger partial charge is 0.543 e. The number of carbonyl (C=O) groups is 1. The first-order valence-electron chi connectivity index (χ1n) is 2.97. The van der Waals surface area contributed by atoms with Crippen molar-refractivity contribution in [3.05, 3.63) is 18.2 Å². The van der Waals surface area contributed by atoms with Crippen LogP contribution in [0.4, 0.5) is 0 Å². The molecule has 0 atom stereocenters. The second kappa shape index (κ2) is 2.51. The minimum atomic E-state index is -1.18. The summed E-state index contributed by atoms with van der Waals surface area (Å²) in [4.78, 5) is 13.9. The minimum absolute atomic E-state index is 0.127. The first-order chi connectivity index (χ1) is 4.75. The quantitative estimate of drug-likeness (QED) is 0.542. The molecule has 54 valence electrons. The van der Waals surface area contributed by atoms with Crippen LogP contribution in [0.2, 0.25) is 0 Å². The molecule has 0 saturated heterocycles. The van der Waals surface area contributed by atoms with E-state index < -0.39 is 5.97 Å². The third-order valence-electron chi connectivity index (χ3n) is 1.26. The van der Waals surface area contributed by atoms with E-state index in [1.54, 1.807) is 0 Å². The molecule has 1 aromatic rings. The lowest BCUT2D eigenvalue weighted by Gasteiger charge is -2.03. The predicted molar refractivity (Wildman–Crippen MR) is 32.2 cm³/mol. The lowest BCUT2D eigenvalue weighted by Crippen LogP contribution is -2.25. The number of nitrogens with zero attached hydrogens (tertiary/aromatic N) is 2. The third kappa shape index (κ3) is 1.00. The molecule has 0 aliphatic carbocycles. The van der Waals surface area contributed by atoms with E-state index in [1.807, 2.05) is 6.92 Å². The lowest BCUT2D eigenvalue weighted by atomic mass is 10.5. The first kappa shape index (κ1) is 6.80. The predicted octanol–water partition coefficient (Wildman–Crippen LogP) is -0.734. The van der Waals surface area contributed by atoms with Crippen molar-refractivity contribution in [1.29, 1.82) is 0 Å². The number of carboxylic acids is 1. The maximum atomic E-state index is 10.3. The Balaban J connectivity index is 3.01. The fourth-order valence-corrected chi connectivity index (χ4v) is 0.743. The van der Waals surface area contributed by atoms with E-state index >= 15 is 0 Å². The number of carbonyl (C=O) groups excluding carboxylic acids is 1. The van der Waals surface area contributed by atoms with E-state index in [-0.39, 0.29) is 5.69 Å². The van der Waals surface area contributed by atoms with Gasteiger partial charge in [-0.2, -0.15) is 0 Å². The van der Waals surface area contributed by atoms with Gasteiger partial charge in [-0.25, -0.2) is 4.98 Å². The van der Waals surface area contributed by atoms with Gasteiger partial charge < -0.3 is 14.5 Å². The topological polar surface area (TPSA) is 58.0 Å². The van der Waals surface area contributed by atoms with Crippen molar-refractivity contribution in [2.75, 3.05) is 0 Å². The highest BCUT2D eigenvalue weighted by Gasteiger charge is 1.98. The number of imidazole rings is 1. The van der Waals surface area contributed by atoms with Crippen LogP contribution in [0.1, 0.15) is 17.4 Å². The van der Waals surface area contributed by atoms with Crippen molar-refractivity contribution < 1.29 is 9.90 Å². The van der Waals surface area contributed by atoms with E-state index in [9.17, 15) is 9.90 Å². The summed E-state index contributed by atoms with van der Waals surface area (Å²) in [5.74, 6) is -1.18. The van der Waals surface area contributed by atoms with E-state index in [1.165, 1.54) is 17.1 Å². The highest BCUT2D eigenvalue weighted by Crippen LogP contribution is 1.95. The zero-order chi connectivity index (χ0) is 7.56. The smallest absolute Gasteiger partial charge is 0.0951 e. The van der Waals surface area contributed by atoms with Crippen molar-refractivity contribution in [1.82, 2.24) is 9.55 Å². The van der Waals surface area contributed by atoms with Crippen molar-refractivity contribution in [3.63, 3.8) is 0 Å². The summed E-state index contributed by atoms with van der Waals surface area (Å²) in [6.07, 6.45) is 2.74. The number of aromatic carboxylic acids is 1. The molecule has 0 radical (unpaired) electrons. The normalized spacial score (nSPS) is 9.70. The average Bonchev–Trinajstić information content (AvgIpc) is 2.33. The molecule has 0 spiro atoms. The van der Waals surface area contributed by atoms with Crippen molar-refractivity contribution >= 4 is 5.97 Å². The molecule has 0 unspecified atom stereocenters. The van der Waals surface area contributed by atoms with Crippen molar-refractivity contribution in [2.45, 2.75) is 13.5 Å². The molecule has 0 N–H and O–H groups in total.